The Kier molecular flexibility index (Phi) is 5.60. The first-order valence-electron chi connectivity index (χ1n) is 8.65. The molecule has 2 heterocycles. The molecule has 1 aromatic heterocycles. The second-order valence-electron chi connectivity index (χ2n) is 6.44. The summed E-state index contributed by atoms with van der Waals surface area (Å²) in [5.74, 6) is 1.04. The average molecular weight is 340 g/mol. The maximum atomic E-state index is 12.3. The summed E-state index contributed by atoms with van der Waals surface area (Å²) in [5, 5.41) is 6.18. The molecule has 1 saturated heterocycles. The number of amides is 1. The molecule has 0 bridgehead atoms. The number of carbonyl (C=O) groups excluding carboxylic acids is 1. The van der Waals surface area contributed by atoms with Gasteiger partial charge in [-0.3, -0.25) is 4.79 Å². The number of nitrogens with zero attached hydrogens (tertiary/aromatic N) is 2. The lowest BCUT2D eigenvalue weighted by Crippen LogP contribution is -2.32. The summed E-state index contributed by atoms with van der Waals surface area (Å²) in [6, 6.07) is 9.28. The van der Waals surface area contributed by atoms with Crippen LogP contribution in [-0.2, 0) is 4.74 Å². The van der Waals surface area contributed by atoms with Gasteiger partial charge in [0.2, 0.25) is 5.95 Å². The molecule has 0 radical (unpaired) electrons. The van der Waals surface area contributed by atoms with E-state index in [2.05, 4.69) is 20.6 Å². The van der Waals surface area contributed by atoms with E-state index in [4.69, 9.17) is 4.74 Å². The summed E-state index contributed by atoms with van der Waals surface area (Å²) in [6.45, 7) is 6.17. The van der Waals surface area contributed by atoms with Crippen LogP contribution in [-0.4, -0.2) is 35.6 Å². The minimum Gasteiger partial charge on any atom is -0.381 e. The molecule has 2 N–H and O–H groups in total. The number of rotatable bonds is 5. The van der Waals surface area contributed by atoms with Crippen LogP contribution in [0.1, 0.15) is 34.6 Å². The quantitative estimate of drug-likeness (QED) is 0.875. The first kappa shape index (κ1) is 17.4. The van der Waals surface area contributed by atoms with Gasteiger partial charge in [0.25, 0.3) is 5.91 Å². The molecule has 1 amide bonds. The first-order valence-corrected chi connectivity index (χ1v) is 8.65. The van der Waals surface area contributed by atoms with E-state index in [-0.39, 0.29) is 5.91 Å². The zero-order chi connectivity index (χ0) is 17.6. The maximum Gasteiger partial charge on any atom is 0.251 e. The van der Waals surface area contributed by atoms with Crippen molar-refractivity contribution in [1.82, 2.24) is 15.3 Å². The van der Waals surface area contributed by atoms with E-state index in [9.17, 15) is 4.79 Å². The van der Waals surface area contributed by atoms with Crippen LogP contribution in [0.15, 0.2) is 30.3 Å². The minimum atomic E-state index is -0.0410. The lowest BCUT2D eigenvalue weighted by Gasteiger charge is -2.22. The summed E-state index contributed by atoms with van der Waals surface area (Å²) < 4.78 is 5.34. The van der Waals surface area contributed by atoms with Crippen LogP contribution in [0.2, 0.25) is 0 Å². The van der Waals surface area contributed by atoms with Gasteiger partial charge < -0.3 is 15.4 Å². The third-order valence-electron chi connectivity index (χ3n) is 4.28. The summed E-state index contributed by atoms with van der Waals surface area (Å²) >= 11 is 0. The SMILES string of the molecule is Cc1cc(C)nc(Nc2ccc(C(=O)NCC3CCOCC3)cc2)n1. The predicted molar refractivity (Wildman–Crippen MR) is 97.1 cm³/mol. The van der Waals surface area contributed by atoms with Crippen molar-refractivity contribution in [2.75, 3.05) is 25.1 Å². The molecule has 6 nitrogen and oxygen atoms in total. The predicted octanol–water partition coefficient (Wildman–Crippen LogP) is 2.99. The van der Waals surface area contributed by atoms with Crippen LogP contribution in [0, 0.1) is 19.8 Å². The molecular formula is C19H24N4O2. The Hall–Kier alpha value is -2.47. The fourth-order valence-corrected chi connectivity index (χ4v) is 2.91. The topological polar surface area (TPSA) is 76.1 Å². The third kappa shape index (κ3) is 5.00. The Labute approximate surface area is 148 Å². The van der Waals surface area contributed by atoms with Gasteiger partial charge in [-0.1, -0.05) is 0 Å². The molecule has 0 atom stereocenters. The number of aromatic nitrogens is 2. The van der Waals surface area contributed by atoms with E-state index in [0.29, 0.717) is 24.0 Å². The molecule has 132 valence electrons. The van der Waals surface area contributed by atoms with Crippen molar-refractivity contribution in [3.63, 3.8) is 0 Å². The van der Waals surface area contributed by atoms with Gasteiger partial charge in [-0.25, -0.2) is 9.97 Å². The van der Waals surface area contributed by atoms with Gasteiger partial charge in [0.15, 0.2) is 0 Å². The fourth-order valence-electron chi connectivity index (χ4n) is 2.91. The van der Waals surface area contributed by atoms with Gasteiger partial charge in [0, 0.05) is 42.4 Å². The number of benzene rings is 1. The number of carbonyl (C=O) groups is 1. The van der Waals surface area contributed by atoms with Crippen molar-refractivity contribution in [3.8, 4) is 0 Å². The Morgan fingerprint density at radius 1 is 1.12 bits per heavy atom. The van der Waals surface area contributed by atoms with Crippen molar-refractivity contribution >= 4 is 17.5 Å². The summed E-state index contributed by atoms with van der Waals surface area (Å²) in [7, 11) is 0. The molecule has 25 heavy (non-hydrogen) atoms. The first-order chi connectivity index (χ1) is 12.1. The number of ether oxygens (including phenoxy) is 1. The molecule has 0 spiro atoms. The Bertz CT molecular complexity index is 704. The van der Waals surface area contributed by atoms with E-state index < -0.39 is 0 Å². The molecule has 1 aliphatic heterocycles. The summed E-state index contributed by atoms with van der Waals surface area (Å²) in [6.07, 6.45) is 2.03. The average Bonchev–Trinajstić information content (AvgIpc) is 2.60. The smallest absolute Gasteiger partial charge is 0.251 e. The van der Waals surface area contributed by atoms with Gasteiger partial charge in [0.05, 0.1) is 0 Å². The zero-order valence-corrected chi connectivity index (χ0v) is 14.7. The van der Waals surface area contributed by atoms with Crippen LogP contribution in [0.3, 0.4) is 0 Å². The molecule has 1 fully saturated rings. The van der Waals surface area contributed by atoms with Crippen LogP contribution >= 0.6 is 0 Å². The zero-order valence-electron chi connectivity index (χ0n) is 14.7. The number of hydrogen-bond acceptors (Lipinski definition) is 5. The van der Waals surface area contributed by atoms with Crippen LogP contribution in [0.25, 0.3) is 0 Å². The molecule has 0 unspecified atom stereocenters. The molecule has 0 saturated carbocycles. The van der Waals surface area contributed by atoms with Gasteiger partial charge >= 0.3 is 0 Å². The van der Waals surface area contributed by atoms with Crippen LogP contribution < -0.4 is 10.6 Å². The van der Waals surface area contributed by atoms with Crippen LogP contribution in [0.4, 0.5) is 11.6 Å². The van der Waals surface area contributed by atoms with Crippen LogP contribution in [0.5, 0.6) is 0 Å². The highest BCUT2D eigenvalue weighted by molar-refractivity contribution is 5.94. The van der Waals surface area contributed by atoms with E-state index >= 15 is 0 Å². The molecule has 6 heteroatoms. The van der Waals surface area contributed by atoms with Gasteiger partial charge in [-0.05, 0) is 62.9 Å². The van der Waals surface area contributed by atoms with Gasteiger partial charge in [-0.2, -0.15) is 0 Å². The van der Waals surface area contributed by atoms with E-state index in [1.54, 1.807) is 0 Å². The van der Waals surface area contributed by atoms with E-state index in [1.165, 1.54) is 0 Å². The molecular weight excluding hydrogens is 316 g/mol. The standard InChI is InChI=1S/C19H24N4O2/c1-13-11-14(2)22-19(21-13)23-17-5-3-16(4-6-17)18(24)20-12-15-7-9-25-10-8-15/h3-6,11,15H,7-10,12H2,1-2H3,(H,20,24)(H,21,22,23). The fraction of sp³-hybridized carbons (Fsp3) is 0.421. The number of anilines is 2. The number of hydrogen-bond donors (Lipinski definition) is 2. The van der Waals surface area contributed by atoms with Crippen molar-refractivity contribution < 1.29 is 9.53 Å². The van der Waals surface area contributed by atoms with Gasteiger partial charge in [0.1, 0.15) is 0 Å². The number of nitrogens with one attached hydrogen (secondary N) is 2. The monoisotopic (exact) mass is 340 g/mol. The Balaban J connectivity index is 1.56. The van der Waals surface area contributed by atoms with Crippen molar-refractivity contribution in [2.45, 2.75) is 26.7 Å². The van der Waals surface area contributed by atoms with Crippen molar-refractivity contribution in [3.05, 3.63) is 47.3 Å². The van der Waals surface area contributed by atoms with E-state index in [1.807, 2.05) is 44.2 Å². The molecule has 1 aromatic carbocycles. The largest absolute Gasteiger partial charge is 0.381 e. The highest BCUT2D eigenvalue weighted by Crippen LogP contribution is 2.16. The summed E-state index contributed by atoms with van der Waals surface area (Å²) in [5.41, 5.74) is 3.34. The third-order valence-corrected chi connectivity index (χ3v) is 4.28. The minimum absolute atomic E-state index is 0.0410. The number of aryl methyl sites for hydroxylation is 2. The highest BCUT2D eigenvalue weighted by Gasteiger charge is 2.15. The molecule has 3 rings (SSSR count). The normalized spacial score (nSPS) is 15.0. The summed E-state index contributed by atoms with van der Waals surface area (Å²) in [4.78, 5) is 21.0. The molecule has 2 aromatic rings. The van der Waals surface area contributed by atoms with Gasteiger partial charge in [-0.15, -0.1) is 0 Å². The lowest BCUT2D eigenvalue weighted by molar-refractivity contribution is 0.0642. The highest BCUT2D eigenvalue weighted by atomic mass is 16.5. The van der Waals surface area contributed by atoms with E-state index in [0.717, 1.165) is 43.1 Å². The van der Waals surface area contributed by atoms with Crippen molar-refractivity contribution in [2.24, 2.45) is 5.92 Å². The Morgan fingerprint density at radius 3 is 2.40 bits per heavy atom. The maximum absolute atomic E-state index is 12.3. The Morgan fingerprint density at radius 2 is 1.76 bits per heavy atom. The molecule has 0 aliphatic carbocycles. The van der Waals surface area contributed by atoms with Crippen molar-refractivity contribution in [1.29, 1.82) is 0 Å². The molecule has 1 aliphatic rings. The second-order valence-corrected chi connectivity index (χ2v) is 6.44. The second kappa shape index (κ2) is 8.07. The lowest BCUT2D eigenvalue weighted by atomic mass is 10.0.